The van der Waals surface area contributed by atoms with Crippen molar-refractivity contribution in [2.75, 3.05) is 5.43 Å². The molecule has 0 fully saturated rings. The van der Waals surface area contributed by atoms with Gasteiger partial charge in [0.2, 0.25) is 0 Å². The molecule has 0 aliphatic heterocycles. The minimum absolute atomic E-state index is 0.0186. The number of fused-ring (bicyclic) bond motifs is 1. The summed E-state index contributed by atoms with van der Waals surface area (Å²) in [6.07, 6.45) is 2.06. The van der Waals surface area contributed by atoms with Crippen LogP contribution in [0, 0.1) is 17.0 Å². The van der Waals surface area contributed by atoms with E-state index in [9.17, 15) is 19.7 Å². The van der Waals surface area contributed by atoms with Crippen LogP contribution in [0.25, 0.3) is 0 Å². The SMILES string of the molecule is Cc1c(C(=O)NNC(=O)c2ccc(Cl)cc2Cl)oc2c1/C(=N/Nc1ccc([N+](=O)[O-])cc1)CCC2. The number of nitro benzene ring substituents is 1. The Labute approximate surface area is 209 Å². The maximum atomic E-state index is 12.7. The number of hydrazone groups is 1. The van der Waals surface area contributed by atoms with Gasteiger partial charge in [0.1, 0.15) is 5.76 Å². The lowest BCUT2D eigenvalue weighted by atomic mass is 9.93. The van der Waals surface area contributed by atoms with E-state index < -0.39 is 16.7 Å². The van der Waals surface area contributed by atoms with Crippen LogP contribution >= 0.6 is 23.2 Å². The summed E-state index contributed by atoms with van der Waals surface area (Å²) in [5.41, 5.74) is 10.3. The number of hydrazine groups is 1. The second-order valence-corrected chi connectivity index (χ2v) is 8.56. The van der Waals surface area contributed by atoms with Gasteiger partial charge < -0.3 is 4.42 Å². The first-order valence-corrected chi connectivity index (χ1v) is 11.3. The number of nitrogens with one attached hydrogen (secondary N) is 3. The Morgan fingerprint density at radius 3 is 2.46 bits per heavy atom. The van der Waals surface area contributed by atoms with Gasteiger partial charge >= 0.3 is 5.91 Å². The predicted molar refractivity (Wildman–Crippen MR) is 131 cm³/mol. The second kappa shape index (κ2) is 10.2. The quantitative estimate of drug-likeness (QED) is 0.321. The number of benzene rings is 2. The highest BCUT2D eigenvalue weighted by molar-refractivity contribution is 6.36. The van der Waals surface area contributed by atoms with Crippen molar-refractivity contribution < 1.29 is 18.9 Å². The van der Waals surface area contributed by atoms with E-state index in [1.54, 1.807) is 19.1 Å². The maximum Gasteiger partial charge on any atom is 0.305 e. The largest absolute Gasteiger partial charge is 0.455 e. The summed E-state index contributed by atoms with van der Waals surface area (Å²) in [5.74, 6) is -0.556. The standard InChI is InChI=1S/C23H19Cl2N5O5/c1-12-20-18(27-26-14-6-8-15(9-7-14)30(33)34)3-2-4-19(20)35-21(12)23(32)29-28-22(31)16-10-5-13(24)11-17(16)25/h5-11,26H,2-4H2,1H3,(H,28,31)(H,29,32)/b27-18+. The van der Waals surface area contributed by atoms with Crippen LogP contribution in [0.5, 0.6) is 0 Å². The van der Waals surface area contributed by atoms with Crippen LogP contribution < -0.4 is 16.3 Å². The summed E-state index contributed by atoms with van der Waals surface area (Å²) in [7, 11) is 0. The van der Waals surface area contributed by atoms with Crippen LogP contribution in [0.2, 0.25) is 10.0 Å². The molecule has 10 nitrogen and oxygen atoms in total. The van der Waals surface area contributed by atoms with E-state index in [2.05, 4.69) is 21.4 Å². The summed E-state index contributed by atoms with van der Waals surface area (Å²) < 4.78 is 5.81. The molecule has 35 heavy (non-hydrogen) atoms. The second-order valence-electron chi connectivity index (χ2n) is 7.71. The van der Waals surface area contributed by atoms with E-state index in [-0.39, 0.29) is 22.0 Å². The van der Waals surface area contributed by atoms with Crippen LogP contribution in [0.15, 0.2) is 52.0 Å². The molecule has 0 saturated carbocycles. The number of aryl methyl sites for hydroxylation is 1. The average molecular weight is 516 g/mol. The number of anilines is 1. The van der Waals surface area contributed by atoms with Gasteiger partial charge in [0.25, 0.3) is 11.6 Å². The zero-order chi connectivity index (χ0) is 25.1. The lowest BCUT2D eigenvalue weighted by molar-refractivity contribution is -0.384. The van der Waals surface area contributed by atoms with Crippen LogP contribution in [0.1, 0.15) is 50.6 Å². The summed E-state index contributed by atoms with van der Waals surface area (Å²) in [4.78, 5) is 35.5. The lowest BCUT2D eigenvalue weighted by Gasteiger charge is -2.13. The normalized spacial score (nSPS) is 13.7. The number of rotatable bonds is 5. The lowest BCUT2D eigenvalue weighted by Crippen LogP contribution is -2.41. The molecule has 1 heterocycles. The Hall–Kier alpha value is -3.89. The maximum absolute atomic E-state index is 12.7. The van der Waals surface area contributed by atoms with Gasteiger partial charge in [-0.05, 0) is 50.1 Å². The molecule has 0 unspecified atom stereocenters. The van der Waals surface area contributed by atoms with Gasteiger partial charge in [0.15, 0.2) is 5.76 Å². The number of carbonyl (C=O) groups excluding carboxylic acids is 2. The van der Waals surface area contributed by atoms with Crippen molar-refractivity contribution in [2.24, 2.45) is 5.10 Å². The van der Waals surface area contributed by atoms with Gasteiger partial charge in [0, 0.05) is 34.7 Å². The van der Waals surface area contributed by atoms with Crippen LogP contribution in [0.4, 0.5) is 11.4 Å². The van der Waals surface area contributed by atoms with Crippen molar-refractivity contribution in [3.8, 4) is 0 Å². The number of hydrogen-bond acceptors (Lipinski definition) is 7. The van der Waals surface area contributed by atoms with Crippen molar-refractivity contribution in [3.05, 3.63) is 90.8 Å². The highest BCUT2D eigenvalue weighted by atomic mass is 35.5. The molecule has 1 aliphatic rings. The molecule has 1 aromatic heterocycles. The third-order valence-corrected chi connectivity index (χ3v) is 5.94. The summed E-state index contributed by atoms with van der Waals surface area (Å²) in [5, 5.41) is 15.8. The average Bonchev–Trinajstić information content (AvgIpc) is 3.18. The Morgan fingerprint density at radius 1 is 1.06 bits per heavy atom. The fraction of sp³-hybridized carbons (Fsp3) is 0.174. The molecule has 180 valence electrons. The van der Waals surface area contributed by atoms with Gasteiger partial charge in [-0.1, -0.05) is 23.2 Å². The van der Waals surface area contributed by atoms with E-state index in [1.807, 2.05) is 0 Å². The third-order valence-electron chi connectivity index (χ3n) is 5.40. The Balaban J connectivity index is 1.48. The zero-order valence-corrected chi connectivity index (χ0v) is 19.9. The highest BCUT2D eigenvalue weighted by Gasteiger charge is 2.28. The van der Waals surface area contributed by atoms with Gasteiger partial charge in [-0.25, -0.2) is 0 Å². The number of non-ortho nitro benzene ring substituents is 1. The first kappa shape index (κ1) is 24.2. The first-order valence-electron chi connectivity index (χ1n) is 10.5. The smallest absolute Gasteiger partial charge is 0.305 e. The molecule has 1 aliphatic carbocycles. The van der Waals surface area contributed by atoms with Crippen LogP contribution in [-0.4, -0.2) is 22.4 Å². The molecule has 12 heteroatoms. The summed E-state index contributed by atoms with van der Waals surface area (Å²) >= 11 is 11.9. The molecule has 4 rings (SSSR count). The number of halogens is 2. The molecule has 0 atom stereocenters. The van der Waals surface area contributed by atoms with Crippen molar-refractivity contribution in [1.82, 2.24) is 10.9 Å². The van der Waals surface area contributed by atoms with E-state index in [0.717, 1.165) is 12.0 Å². The van der Waals surface area contributed by atoms with Crippen LogP contribution in [-0.2, 0) is 6.42 Å². The molecule has 2 amide bonds. The Bertz CT molecular complexity index is 1350. The van der Waals surface area contributed by atoms with Gasteiger partial charge in [0.05, 0.1) is 26.9 Å². The fourth-order valence-corrected chi connectivity index (χ4v) is 4.19. The summed E-state index contributed by atoms with van der Waals surface area (Å²) in [6.45, 7) is 1.74. The van der Waals surface area contributed by atoms with Crippen LogP contribution in [0.3, 0.4) is 0 Å². The minimum Gasteiger partial charge on any atom is -0.455 e. The molecule has 3 N–H and O–H groups in total. The highest BCUT2D eigenvalue weighted by Crippen LogP contribution is 2.30. The number of hydrogen-bond donors (Lipinski definition) is 3. The van der Waals surface area contributed by atoms with Crippen molar-refractivity contribution in [2.45, 2.75) is 26.2 Å². The number of amides is 2. The fourth-order valence-electron chi connectivity index (χ4n) is 3.70. The van der Waals surface area contributed by atoms with Crippen molar-refractivity contribution >= 4 is 52.1 Å². The monoisotopic (exact) mass is 515 g/mol. The number of carbonyl (C=O) groups is 2. The van der Waals surface area contributed by atoms with Gasteiger partial charge in [-0.2, -0.15) is 5.10 Å². The minimum atomic E-state index is -0.627. The van der Waals surface area contributed by atoms with E-state index >= 15 is 0 Å². The molecule has 0 saturated heterocycles. The molecule has 2 aromatic carbocycles. The topological polar surface area (TPSA) is 139 Å². The molecular weight excluding hydrogens is 497 g/mol. The summed E-state index contributed by atoms with van der Waals surface area (Å²) in [6, 6.07) is 10.3. The number of furan rings is 1. The molecular formula is C23H19Cl2N5O5. The first-order chi connectivity index (χ1) is 16.7. The number of nitro groups is 1. The van der Waals surface area contributed by atoms with Gasteiger partial charge in [-0.15, -0.1) is 0 Å². The van der Waals surface area contributed by atoms with E-state index in [1.165, 1.54) is 30.3 Å². The predicted octanol–water partition coefficient (Wildman–Crippen LogP) is 5.03. The van der Waals surface area contributed by atoms with Crippen molar-refractivity contribution in [3.63, 3.8) is 0 Å². The van der Waals surface area contributed by atoms with E-state index in [0.29, 0.717) is 40.6 Å². The molecule has 0 radical (unpaired) electrons. The molecule has 3 aromatic rings. The van der Waals surface area contributed by atoms with E-state index in [4.69, 9.17) is 27.6 Å². The Kier molecular flexibility index (Phi) is 7.04. The Morgan fingerprint density at radius 2 is 1.77 bits per heavy atom. The van der Waals surface area contributed by atoms with Gasteiger partial charge in [-0.3, -0.25) is 36.0 Å². The molecule has 0 bridgehead atoms. The zero-order valence-electron chi connectivity index (χ0n) is 18.4. The molecule has 0 spiro atoms. The van der Waals surface area contributed by atoms with Crippen molar-refractivity contribution in [1.29, 1.82) is 0 Å². The number of nitrogens with zero attached hydrogens (tertiary/aromatic N) is 2. The third kappa shape index (κ3) is 5.28.